The number of nitrogens with one attached hydrogen (secondary N) is 1. The van der Waals surface area contributed by atoms with Crippen LogP contribution in [-0.2, 0) is 16.0 Å². The van der Waals surface area contributed by atoms with Crippen LogP contribution in [0.25, 0.3) is 11.4 Å². The molecule has 0 saturated carbocycles. The molecule has 0 bridgehead atoms. The molecule has 8 nitrogen and oxygen atoms in total. The van der Waals surface area contributed by atoms with E-state index in [1.165, 1.54) is 0 Å². The van der Waals surface area contributed by atoms with E-state index in [9.17, 15) is 4.79 Å². The Morgan fingerprint density at radius 1 is 1.21 bits per heavy atom. The number of hydrogen-bond donors (Lipinski definition) is 1. The summed E-state index contributed by atoms with van der Waals surface area (Å²) in [4.78, 5) is 24.7. The highest BCUT2D eigenvalue weighted by atomic mass is 16.5. The van der Waals surface area contributed by atoms with E-state index in [1.54, 1.807) is 17.3 Å². The molecule has 1 aliphatic heterocycles. The average Bonchev–Trinajstić information content (AvgIpc) is 3.20. The minimum absolute atomic E-state index is 0.200. The van der Waals surface area contributed by atoms with Crippen LogP contribution in [-0.4, -0.2) is 71.9 Å². The summed E-state index contributed by atoms with van der Waals surface area (Å²) < 4.78 is 10.8. The largest absolute Gasteiger partial charge is 0.370 e. The number of pyridine rings is 1. The van der Waals surface area contributed by atoms with Gasteiger partial charge < -0.3 is 19.1 Å². The molecule has 0 unspecified atom stereocenters. The normalized spacial score (nSPS) is 15.0. The molecule has 8 heteroatoms. The van der Waals surface area contributed by atoms with Gasteiger partial charge in [0.2, 0.25) is 17.6 Å². The van der Waals surface area contributed by atoms with Gasteiger partial charge in [0.05, 0.1) is 19.8 Å². The van der Waals surface area contributed by atoms with E-state index in [0.29, 0.717) is 37.0 Å². The van der Waals surface area contributed by atoms with Gasteiger partial charge in [-0.1, -0.05) is 19.0 Å². The van der Waals surface area contributed by atoms with Crippen molar-refractivity contribution in [2.24, 2.45) is 5.92 Å². The summed E-state index contributed by atoms with van der Waals surface area (Å²) in [5.41, 5.74) is 0.872. The molecule has 29 heavy (non-hydrogen) atoms. The number of nitrogens with zero attached hydrogens (tertiary/aromatic N) is 4. The lowest BCUT2D eigenvalue weighted by molar-refractivity contribution is -0.908. The average molecular weight is 403 g/mol. The first kappa shape index (κ1) is 21.4. The predicted molar refractivity (Wildman–Crippen MR) is 108 cm³/mol. The summed E-state index contributed by atoms with van der Waals surface area (Å²) in [7, 11) is 0. The third-order valence-electron chi connectivity index (χ3n) is 5.10. The summed E-state index contributed by atoms with van der Waals surface area (Å²) in [6.45, 7) is 10.4. The Bertz CT molecular complexity index is 744. The number of carbonyl (C=O) groups is 1. The molecule has 1 N–H and O–H groups in total. The number of quaternary nitrogens is 1. The van der Waals surface area contributed by atoms with Gasteiger partial charge in [0, 0.05) is 50.3 Å². The van der Waals surface area contributed by atoms with Gasteiger partial charge in [-0.05, 0) is 18.1 Å². The van der Waals surface area contributed by atoms with E-state index < -0.39 is 0 Å². The number of aromatic nitrogens is 3. The van der Waals surface area contributed by atoms with Crippen molar-refractivity contribution in [1.29, 1.82) is 0 Å². The minimum Gasteiger partial charge on any atom is -0.370 e. The number of ether oxygens (including phenoxy) is 1. The second-order valence-electron chi connectivity index (χ2n) is 7.94. The zero-order chi connectivity index (χ0) is 20.5. The van der Waals surface area contributed by atoms with Crippen LogP contribution in [0.3, 0.4) is 0 Å². The lowest BCUT2D eigenvalue weighted by Gasteiger charge is -2.26. The first-order valence-corrected chi connectivity index (χ1v) is 10.5. The fourth-order valence-corrected chi connectivity index (χ4v) is 3.47. The van der Waals surface area contributed by atoms with E-state index in [4.69, 9.17) is 9.26 Å². The second kappa shape index (κ2) is 11.0. The standard InChI is InChI=1S/C21H31N5O3/c1-17(2)16-20(27)26(10-3-9-25-12-14-28-15-13-25)11-6-19-23-21(24-29-19)18-4-7-22-8-5-18/h4-5,7-8,17H,3,6,9-16H2,1-2H3/p+1. The van der Waals surface area contributed by atoms with Crippen LogP contribution >= 0.6 is 0 Å². The molecule has 0 aromatic carbocycles. The fraction of sp³-hybridized carbons (Fsp3) is 0.619. The SMILES string of the molecule is CC(C)CC(=O)N(CCC[NH+]1CCOCC1)CCc1nc(-c2ccncc2)no1. The van der Waals surface area contributed by atoms with Gasteiger partial charge in [-0.15, -0.1) is 0 Å². The molecule has 2 aromatic heterocycles. The molecular weight excluding hydrogens is 370 g/mol. The quantitative estimate of drug-likeness (QED) is 0.634. The van der Waals surface area contributed by atoms with Crippen molar-refractivity contribution in [2.45, 2.75) is 33.1 Å². The molecule has 1 fully saturated rings. The Labute approximate surface area is 172 Å². The van der Waals surface area contributed by atoms with Gasteiger partial charge >= 0.3 is 0 Å². The minimum atomic E-state index is 0.200. The Morgan fingerprint density at radius 3 is 2.69 bits per heavy atom. The van der Waals surface area contributed by atoms with Crippen LogP contribution in [0.5, 0.6) is 0 Å². The Hall–Kier alpha value is -2.32. The van der Waals surface area contributed by atoms with Crippen LogP contribution in [0.15, 0.2) is 29.0 Å². The number of amides is 1. The first-order valence-electron chi connectivity index (χ1n) is 10.5. The summed E-state index contributed by atoms with van der Waals surface area (Å²) >= 11 is 0. The molecule has 0 radical (unpaired) electrons. The van der Waals surface area contributed by atoms with Gasteiger partial charge in [-0.25, -0.2) is 0 Å². The maximum atomic E-state index is 12.7. The summed E-state index contributed by atoms with van der Waals surface area (Å²) in [6.07, 6.45) is 5.52. The topological polar surface area (TPSA) is 85.8 Å². The number of morpholine rings is 1. The van der Waals surface area contributed by atoms with Gasteiger partial charge in [-0.2, -0.15) is 4.98 Å². The third-order valence-corrected chi connectivity index (χ3v) is 5.10. The van der Waals surface area contributed by atoms with E-state index in [0.717, 1.165) is 51.4 Å². The fourth-order valence-electron chi connectivity index (χ4n) is 3.47. The van der Waals surface area contributed by atoms with Crippen molar-refractivity contribution in [3.8, 4) is 11.4 Å². The van der Waals surface area contributed by atoms with Crippen molar-refractivity contribution in [2.75, 3.05) is 45.9 Å². The van der Waals surface area contributed by atoms with Crippen LogP contribution in [0.4, 0.5) is 0 Å². The van der Waals surface area contributed by atoms with Gasteiger partial charge in [0.1, 0.15) is 13.1 Å². The molecule has 0 atom stereocenters. The molecule has 3 heterocycles. The maximum absolute atomic E-state index is 12.7. The monoisotopic (exact) mass is 402 g/mol. The zero-order valence-electron chi connectivity index (χ0n) is 17.5. The molecule has 158 valence electrons. The first-order chi connectivity index (χ1) is 14.1. The van der Waals surface area contributed by atoms with E-state index >= 15 is 0 Å². The molecule has 0 aliphatic carbocycles. The van der Waals surface area contributed by atoms with Gasteiger partial charge in [0.25, 0.3) is 0 Å². The Kier molecular flexibility index (Phi) is 8.13. The lowest BCUT2D eigenvalue weighted by atomic mass is 10.1. The van der Waals surface area contributed by atoms with Gasteiger partial charge in [-0.3, -0.25) is 9.78 Å². The molecule has 1 amide bonds. The van der Waals surface area contributed by atoms with E-state index in [-0.39, 0.29) is 5.91 Å². The number of rotatable bonds is 10. The highest BCUT2D eigenvalue weighted by Gasteiger charge is 2.19. The van der Waals surface area contributed by atoms with Crippen molar-refractivity contribution in [3.63, 3.8) is 0 Å². The summed E-state index contributed by atoms with van der Waals surface area (Å²) in [5.74, 6) is 1.65. The van der Waals surface area contributed by atoms with Crippen molar-refractivity contribution in [3.05, 3.63) is 30.4 Å². The smallest absolute Gasteiger partial charge is 0.228 e. The molecular formula is C21H32N5O3+. The Morgan fingerprint density at radius 2 is 1.97 bits per heavy atom. The second-order valence-corrected chi connectivity index (χ2v) is 7.94. The third kappa shape index (κ3) is 6.90. The maximum Gasteiger partial charge on any atom is 0.228 e. The van der Waals surface area contributed by atoms with E-state index in [1.807, 2.05) is 17.0 Å². The molecule has 3 rings (SSSR count). The summed E-state index contributed by atoms with van der Waals surface area (Å²) in [6, 6.07) is 3.70. The highest BCUT2D eigenvalue weighted by Crippen LogP contribution is 2.14. The molecule has 1 aliphatic rings. The Balaban J connectivity index is 1.53. The molecule has 1 saturated heterocycles. The summed E-state index contributed by atoms with van der Waals surface area (Å²) in [5, 5.41) is 4.05. The molecule has 0 spiro atoms. The van der Waals surface area contributed by atoms with E-state index in [2.05, 4.69) is 29.0 Å². The van der Waals surface area contributed by atoms with Crippen molar-refractivity contribution < 1.29 is 19.0 Å². The lowest BCUT2D eigenvalue weighted by Crippen LogP contribution is -3.14. The molecule has 2 aromatic rings. The van der Waals surface area contributed by atoms with Crippen molar-refractivity contribution >= 4 is 5.91 Å². The number of carbonyl (C=O) groups excluding carboxylic acids is 1. The van der Waals surface area contributed by atoms with Crippen molar-refractivity contribution in [1.82, 2.24) is 20.0 Å². The highest BCUT2D eigenvalue weighted by molar-refractivity contribution is 5.76. The predicted octanol–water partition coefficient (Wildman–Crippen LogP) is 0.854. The van der Waals surface area contributed by atoms with Gasteiger partial charge in [0.15, 0.2) is 0 Å². The number of hydrogen-bond acceptors (Lipinski definition) is 6. The van der Waals surface area contributed by atoms with Crippen LogP contribution < -0.4 is 4.90 Å². The van der Waals surface area contributed by atoms with Crippen LogP contribution in [0, 0.1) is 5.92 Å². The van der Waals surface area contributed by atoms with Crippen LogP contribution in [0.1, 0.15) is 32.6 Å². The zero-order valence-corrected chi connectivity index (χ0v) is 17.5. The van der Waals surface area contributed by atoms with Crippen LogP contribution in [0.2, 0.25) is 0 Å².